The Bertz CT molecular complexity index is 1050. The average molecular weight is 435 g/mol. The summed E-state index contributed by atoms with van der Waals surface area (Å²) in [5.41, 5.74) is 7.93. The highest BCUT2D eigenvalue weighted by molar-refractivity contribution is 7.90. The van der Waals surface area contributed by atoms with Gasteiger partial charge >= 0.3 is 0 Å². The quantitative estimate of drug-likeness (QED) is 0.720. The highest BCUT2D eigenvalue weighted by atomic mass is 32.2. The number of nitrogens with one attached hydrogen (secondary N) is 1. The van der Waals surface area contributed by atoms with Crippen LogP contribution < -0.4 is 15.8 Å². The standard InChI is InChI=1S/C21H27FN4O3S/c1-13-19(21(23,14-3-4-14)15-7-9-24-10-8-15)25-12-26-20(13)29-18-6-5-16(11-17(18)22)30(2,27)28/h5-6,11-12,14-15,24H,3-4,7-10,23H2,1-2H3. The van der Waals surface area contributed by atoms with Gasteiger partial charge in [0.05, 0.1) is 16.1 Å². The molecule has 162 valence electrons. The number of halogens is 1. The molecule has 1 aromatic heterocycles. The predicted octanol–water partition coefficient (Wildman–Crippen LogP) is 2.68. The van der Waals surface area contributed by atoms with Crippen LogP contribution in [0, 0.1) is 24.6 Å². The molecule has 4 rings (SSSR count). The number of hydrogen-bond acceptors (Lipinski definition) is 7. The lowest BCUT2D eigenvalue weighted by Gasteiger charge is -2.40. The summed E-state index contributed by atoms with van der Waals surface area (Å²) in [6.07, 6.45) is 6.54. The van der Waals surface area contributed by atoms with Gasteiger partial charge in [-0.05, 0) is 75.7 Å². The van der Waals surface area contributed by atoms with Crippen LogP contribution in [0.25, 0.3) is 0 Å². The van der Waals surface area contributed by atoms with Crippen LogP contribution in [0.15, 0.2) is 29.4 Å². The molecule has 2 aliphatic rings. The molecule has 30 heavy (non-hydrogen) atoms. The molecule has 3 N–H and O–H groups in total. The molecule has 2 fully saturated rings. The van der Waals surface area contributed by atoms with Crippen molar-refractivity contribution in [3.8, 4) is 11.6 Å². The van der Waals surface area contributed by atoms with Crippen molar-refractivity contribution in [1.82, 2.24) is 15.3 Å². The number of rotatable bonds is 6. The Kier molecular flexibility index (Phi) is 5.54. The fourth-order valence-corrected chi connectivity index (χ4v) is 5.09. The maximum atomic E-state index is 14.5. The lowest BCUT2D eigenvalue weighted by atomic mass is 9.72. The average Bonchev–Trinajstić information content (AvgIpc) is 3.56. The van der Waals surface area contributed by atoms with Gasteiger partial charge in [-0.2, -0.15) is 0 Å². The molecule has 1 aliphatic heterocycles. The van der Waals surface area contributed by atoms with E-state index in [0.29, 0.717) is 17.4 Å². The van der Waals surface area contributed by atoms with Gasteiger partial charge in [0, 0.05) is 11.8 Å². The number of hydrogen-bond donors (Lipinski definition) is 2. The molecule has 0 bridgehead atoms. The Hall–Kier alpha value is -2.10. The Morgan fingerprint density at radius 3 is 2.43 bits per heavy atom. The number of nitrogens with two attached hydrogens (primary N) is 1. The molecule has 0 spiro atoms. The lowest BCUT2D eigenvalue weighted by molar-refractivity contribution is 0.181. The Morgan fingerprint density at radius 2 is 1.83 bits per heavy atom. The molecule has 1 atom stereocenters. The van der Waals surface area contributed by atoms with Gasteiger partial charge in [0.15, 0.2) is 21.4 Å². The van der Waals surface area contributed by atoms with Crippen LogP contribution in [0.4, 0.5) is 4.39 Å². The monoisotopic (exact) mass is 434 g/mol. The molecule has 0 radical (unpaired) electrons. The lowest BCUT2D eigenvalue weighted by Crippen LogP contribution is -2.51. The summed E-state index contributed by atoms with van der Waals surface area (Å²) in [6, 6.07) is 3.57. The summed E-state index contributed by atoms with van der Waals surface area (Å²) < 4.78 is 43.5. The van der Waals surface area contributed by atoms with E-state index >= 15 is 0 Å². The van der Waals surface area contributed by atoms with Crippen molar-refractivity contribution >= 4 is 9.84 Å². The topological polar surface area (TPSA) is 107 Å². The van der Waals surface area contributed by atoms with Crippen molar-refractivity contribution < 1.29 is 17.5 Å². The first-order chi connectivity index (χ1) is 14.2. The van der Waals surface area contributed by atoms with Crippen LogP contribution in [-0.2, 0) is 15.4 Å². The maximum absolute atomic E-state index is 14.5. The molecule has 1 saturated heterocycles. The zero-order valence-electron chi connectivity index (χ0n) is 17.2. The number of benzene rings is 1. The molecule has 0 amide bonds. The summed E-state index contributed by atoms with van der Waals surface area (Å²) in [6.45, 7) is 3.71. The Balaban J connectivity index is 1.68. The molecule has 7 nitrogen and oxygen atoms in total. The molecule has 2 heterocycles. The van der Waals surface area contributed by atoms with E-state index in [-0.39, 0.29) is 16.5 Å². The highest BCUT2D eigenvalue weighted by Crippen LogP contribution is 2.51. The molecular formula is C21H27FN4O3S. The minimum atomic E-state index is -3.51. The fourth-order valence-electron chi connectivity index (χ4n) is 4.45. The van der Waals surface area contributed by atoms with Crippen molar-refractivity contribution in [3.05, 3.63) is 41.6 Å². The second-order valence-electron chi connectivity index (χ2n) is 8.35. The number of ether oxygens (including phenoxy) is 1. The van der Waals surface area contributed by atoms with Gasteiger partial charge in [-0.15, -0.1) is 0 Å². The molecular weight excluding hydrogens is 407 g/mol. The summed E-state index contributed by atoms with van der Waals surface area (Å²) in [5, 5.41) is 3.38. The van der Waals surface area contributed by atoms with Crippen LogP contribution in [0.3, 0.4) is 0 Å². The third-order valence-electron chi connectivity index (χ3n) is 6.25. The molecule has 1 aliphatic carbocycles. The van der Waals surface area contributed by atoms with Crippen molar-refractivity contribution in [2.24, 2.45) is 17.6 Å². The zero-order valence-corrected chi connectivity index (χ0v) is 18.0. The number of aromatic nitrogens is 2. The van der Waals surface area contributed by atoms with E-state index in [1.54, 1.807) is 0 Å². The molecule has 1 unspecified atom stereocenters. The number of sulfone groups is 1. The van der Waals surface area contributed by atoms with E-state index in [2.05, 4.69) is 15.3 Å². The fraction of sp³-hybridized carbons (Fsp3) is 0.524. The second-order valence-corrected chi connectivity index (χ2v) is 10.4. The summed E-state index contributed by atoms with van der Waals surface area (Å²) >= 11 is 0. The number of piperidine rings is 1. The first kappa shape index (κ1) is 21.1. The predicted molar refractivity (Wildman–Crippen MR) is 111 cm³/mol. The van der Waals surface area contributed by atoms with Crippen LogP contribution in [-0.4, -0.2) is 37.7 Å². The van der Waals surface area contributed by atoms with Gasteiger partial charge in [0.2, 0.25) is 5.88 Å². The number of nitrogens with zero attached hydrogens (tertiary/aromatic N) is 2. The normalized spacial score (nSPS) is 20.0. The second kappa shape index (κ2) is 7.86. The van der Waals surface area contributed by atoms with Crippen LogP contribution in [0.5, 0.6) is 11.6 Å². The first-order valence-corrected chi connectivity index (χ1v) is 12.1. The minimum Gasteiger partial charge on any atom is -0.436 e. The summed E-state index contributed by atoms with van der Waals surface area (Å²) in [4.78, 5) is 8.64. The van der Waals surface area contributed by atoms with Crippen molar-refractivity contribution in [1.29, 1.82) is 0 Å². The third kappa shape index (κ3) is 3.93. The third-order valence-corrected chi connectivity index (χ3v) is 7.36. The van der Waals surface area contributed by atoms with Crippen molar-refractivity contribution in [3.63, 3.8) is 0 Å². The van der Waals surface area contributed by atoms with E-state index in [9.17, 15) is 12.8 Å². The summed E-state index contributed by atoms with van der Waals surface area (Å²) in [7, 11) is -3.51. The van der Waals surface area contributed by atoms with Crippen LogP contribution >= 0.6 is 0 Å². The Morgan fingerprint density at radius 1 is 1.17 bits per heavy atom. The van der Waals surface area contributed by atoms with Gasteiger partial charge in [0.1, 0.15) is 6.33 Å². The van der Waals surface area contributed by atoms with E-state index in [4.69, 9.17) is 10.5 Å². The van der Waals surface area contributed by atoms with E-state index < -0.39 is 21.2 Å². The zero-order chi connectivity index (χ0) is 21.5. The van der Waals surface area contributed by atoms with Crippen molar-refractivity contribution in [2.75, 3.05) is 19.3 Å². The van der Waals surface area contributed by atoms with Gasteiger partial charge < -0.3 is 15.8 Å². The van der Waals surface area contributed by atoms with Gasteiger partial charge in [-0.3, -0.25) is 0 Å². The summed E-state index contributed by atoms with van der Waals surface area (Å²) in [5.74, 6) is 0.0461. The van der Waals surface area contributed by atoms with E-state index in [0.717, 1.165) is 56.8 Å². The minimum absolute atomic E-state index is 0.0916. The molecule has 1 aromatic carbocycles. The molecule has 2 aromatic rings. The smallest absolute Gasteiger partial charge is 0.225 e. The highest BCUT2D eigenvalue weighted by Gasteiger charge is 2.50. The van der Waals surface area contributed by atoms with Gasteiger partial charge in [-0.1, -0.05) is 0 Å². The largest absolute Gasteiger partial charge is 0.436 e. The van der Waals surface area contributed by atoms with Gasteiger partial charge in [-0.25, -0.2) is 22.8 Å². The van der Waals surface area contributed by atoms with Crippen molar-refractivity contribution in [2.45, 2.75) is 43.0 Å². The maximum Gasteiger partial charge on any atom is 0.225 e. The van der Waals surface area contributed by atoms with E-state index in [1.165, 1.54) is 18.5 Å². The Labute approximate surface area is 176 Å². The molecule has 1 saturated carbocycles. The SMILES string of the molecule is Cc1c(Oc2ccc(S(C)(=O)=O)cc2F)ncnc1C(N)(C1CCNCC1)C1CC1. The van der Waals surface area contributed by atoms with Crippen LogP contribution in [0.1, 0.15) is 36.9 Å². The van der Waals surface area contributed by atoms with E-state index in [1.807, 2.05) is 6.92 Å². The van der Waals surface area contributed by atoms with Gasteiger partial charge in [0.25, 0.3) is 0 Å². The first-order valence-electron chi connectivity index (χ1n) is 10.2. The van der Waals surface area contributed by atoms with Crippen LogP contribution in [0.2, 0.25) is 0 Å². The molecule has 9 heteroatoms.